The standard InChI is InChI=1S/C17H29NO/c1-6-15(12-18-11-13(2)3)19-17-10-8-7-9-16(17)14(4)5/h7-10,13-15,18H,6,11-12H2,1-5H3. The second-order valence-electron chi connectivity index (χ2n) is 5.89. The van der Waals surface area contributed by atoms with E-state index >= 15 is 0 Å². The van der Waals surface area contributed by atoms with Gasteiger partial charge in [0.25, 0.3) is 0 Å². The van der Waals surface area contributed by atoms with Gasteiger partial charge in [0.2, 0.25) is 0 Å². The maximum atomic E-state index is 6.18. The molecule has 0 saturated carbocycles. The van der Waals surface area contributed by atoms with E-state index in [-0.39, 0.29) is 6.10 Å². The van der Waals surface area contributed by atoms with E-state index in [1.807, 2.05) is 0 Å². The largest absolute Gasteiger partial charge is 0.489 e. The third-order valence-corrected chi connectivity index (χ3v) is 3.21. The summed E-state index contributed by atoms with van der Waals surface area (Å²) in [6, 6.07) is 8.38. The van der Waals surface area contributed by atoms with Crippen molar-refractivity contribution in [2.24, 2.45) is 5.92 Å². The Labute approximate surface area is 118 Å². The molecule has 1 aromatic rings. The molecule has 108 valence electrons. The predicted octanol–water partition coefficient (Wildman–Crippen LogP) is 4.21. The highest BCUT2D eigenvalue weighted by Gasteiger charge is 2.12. The third kappa shape index (κ3) is 5.65. The van der Waals surface area contributed by atoms with Crippen LogP contribution in [-0.4, -0.2) is 19.2 Å². The highest BCUT2D eigenvalue weighted by molar-refractivity contribution is 5.35. The molecule has 0 amide bonds. The topological polar surface area (TPSA) is 21.3 Å². The van der Waals surface area contributed by atoms with Crippen LogP contribution in [0.5, 0.6) is 5.75 Å². The summed E-state index contributed by atoms with van der Waals surface area (Å²) < 4.78 is 6.18. The normalized spacial score (nSPS) is 13.0. The summed E-state index contributed by atoms with van der Waals surface area (Å²) in [6.45, 7) is 13.0. The van der Waals surface area contributed by atoms with Gasteiger partial charge >= 0.3 is 0 Å². The minimum Gasteiger partial charge on any atom is -0.489 e. The molecule has 1 aromatic carbocycles. The molecule has 1 unspecified atom stereocenters. The van der Waals surface area contributed by atoms with Crippen molar-refractivity contribution in [1.82, 2.24) is 5.32 Å². The van der Waals surface area contributed by atoms with Crippen LogP contribution in [0, 0.1) is 5.92 Å². The maximum absolute atomic E-state index is 6.18. The molecular formula is C17H29NO. The van der Waals surface area contributed by atoms with Crippen LogP contribution in [0.15, 0.2) is 24.3 Å². The molecule has 0 radical (unpaired) electrons. The van der Waals surface area contributed by atoms with E-state index in [1.165, 1.54) is 5.56 Å². The smallest absolute Gasteiger partial charge is 0.123 e. The summed E-state index contributed by atoms with van der Waals surface area (Å²) in [5.74, 6) is 2.22. The molecule has 0 fully saturated rings. The Morgan fingerprint density at radius 1 is 1.05 bits per heavy atom. The molecule has 2 heteroatoms. The fraction of sp³-hybridized carbons (Fsp3) is 0.647. The first-order chi connectivity index (χ1) is 9.04. The molecule has 0 saturated heterocycles. The van der Waals surface area contributed by atoms with E-state index in [1.54, 1.807) is 0 Å². The lowest BCUT2D eigenvalue weighted by Gasteiger charge is -2.22. The zero-order chi connectivity index (χ0) is 14.3. The van der Waals surface area contributed by atoms with Crippen LogP contribution in [0.3, 0.4) is 0 Å². The molecule has 0 aromatic heterocycles. The van der Waals surface area contributed by atoms with Crippen molar-refractivity contribution in [3.8, 4) is 5.75 Å². The minimum absolute atomic E-state index is 0.249. The SMILES string of the molecule is CCC(CNCC(C)C)Oc1ccccc1C(C)C. The molecule has 0 bridgehead atoms. The summed E-state index contributed by atoms with van der Waals surface area (Å²) in [6.07, 6.45) is 1.27. The number of para-hydroxylation sites is 1. The van der Waals surface area contributed by atoms with Gasteiger partial charge in [-0.3, -0.25) is 0 Å². The summed E-state index contributed by atoms with van der Waals surface area (Å²) in [7, 11) is 0. The average molecular weight is 263 g/mol. The predicted molar refractivity (Wildman–Crippen MR) is 82.9 cm³/mol. The molecule has 0 spiro atoms. The highest BCUT2D eigenvalue weighted by atomic mass is 16.5. The molecule has 0 heterocycles. The molecule has 1 rings (SSSR count). The van der Waals surface area contributed by atoms with Gasteiger partial charge in [-0.25, -0.2) is 0 Å². The van der Waals surface area contributed by atoms with E-state index < -0.39 is 0 Å². The molecule has 2 nitrogen and oxygen atoms in total. The van der Waals surface area contributed by atoms with Crippen LogP contribution in [0.2, 0.25) is 0 Å². The third-order valence-electron chi connectivity index (χ3n) is 3.21. The van der Waals surface area contributed by atoms with Gasteiger partial charge in [-0.05, 0) is 36.4 Å². The molecule has 1 N–H and O–H groups in total. The fourth-order valence-electron chi connectivity index (χ4n) is 2.05. The van der Waals surface area contributed by atoms with E-state index in [4.69, 9.17) is 4.74 Å². The van der Waals surface area contributed by atoms with Crippen molar-refractivity contribution in [2.75, 3.05) is 13.1 Å². The second kappa shape index (κ2) is 8.21. The van der Waals surface area contributed by atoms with E-state index in [2.05, 4.69) is 64.2 Å². The Kier molecular flexibility index (Phi) is 6.93. The molecular weight excluding hydrogens is 234 g/mol. The zero-order valence-electron chi connectivity index (χ0n) is 13.1. The summed E-state index contributed by atoms with van der Waals surface area (Å²) >= 11 is 0. The van der Waals surface area contributed by atoms with Crippen LogP contribution in [0.25, 0.3) is 0 Å². The number of hydrogen-bond acceptors (Lipinski definition) is 2. The Bertz CT molecular complexity index is 360. The number of nitrogens with one attached hydrogen (secondary N) is 1. The summed E-state index contributed by atoms with van der Waals surface area (Å²) in [4.78, 5) is 0. The lowest BCUT2D eigenvalue weighted by molar-refractivity contribution is 0.189. The molecule has 1 atom stereocenters. The highest BCUT2D eigenvalue weighted by Crippen LogP contribution is 2.27. The second-order valence-corrected chi connectivity index (χ2v) is 5.89. The maximum Gasteiger partial charge on any atom is 0.123 e. The van der Waals surface area contributed by atoms with Crippen LogP contribution in [0.1, 0.15) is 52.5 Å². The monoisotopic (exact) mass is 263 g/mol. The van der Waals surface area contributed by atoms with E-state index in [0.717, 1.165) is 25.3 Å². The number of benzene rings is 1. The molecule has 0 aliphatic carbocycles. The van der Waals surface area contributed by atoms with Crippen LogP contribution >= 0.6 is 0 Å². The van der Waals surface area contributed by atoms with Crippen molar-refractivity contribution in [1.29, 1.82) is 0 Å². The van der Waals surface area contributed by atoms with Gasteiger partial charge in [-0.2, -0.15) is 0 Å². The Morgan fingerprint density at radius 2 is 1.74 bits per heavy atom. The quantitative estimate of drug-likeness (QED) is 0.758. The Balaban J connectivity index is 2.60. The first kappa shape index (κ1) is 16.0. The molecule has 0 aliphatic rings. The van der Waals surface area contributed by atoms with Gasteiger partial charge in [0.05, 0.1) is 0 Å². The number of hydrogen-bond donors (Lipinski definition) is 1. The van der Waals surface area contributed by atoms with Crippen molar-refractivity contribution in [3.05, 3.63) is 29.8 Å². The van der Waals surface area contributed by atoms with Gasteiger partial charge < -0.3 is 10.1 Å². The Morgan fingerprint density at radius 3 is 2.32 bits per heavy atom. The number of ether oxygens (including phenoxy) is 1. The van der Waals surface area contributed by atoms with Gasteiger partial charge in [0, 0.05) is 6.54 Å². The van der Waals surface area contributed by atoms with Crippen LogP contribution in [0.4, 0.5) is 0 Å². The van der Waals surface area contributed by atoms with Crippen molar-refractivity contribution >= 4 is 0 Å². The van der Waals surface area contributed by atoms with Crippen molar-refractivity contribution in [2.45, 2.75) is 53.1 Å². The van der Waals surface area contributed by atoms with Gasteiger partial charge in [-0.15, -0.1) is 0 Å². The lowest BCUT2D eigenvalue weighted by atomic mass is 10.0. The van der Waals surface area contributed by atoms with Crippen LogP contribution in [-0.2, 0) is 0 Å². The summed E-state index contributed by atoms with van der Waals surface area (Å²) in [5, 5.41) is 3.48. The minimum atomic E-state index is 0.249. The molecule has 19 heavy (non-hydrogen) atoms. The first-order valence-corrected chi connectivity index (χ1v) is 7.50. The first-order valence-electron chi connectivity index (χ1n) is 7.50. The Hall–Kier alpha value is -1.02. The lowest BCUT2D eigenvalue weighted by Crippen LogP contribution is -2.33. The number of rotatable bonds is 8. The van der Waals surface area contributed by atoms with Gasteiger partial charge in [-0.1, -0.05) is 52.8 Å². The van der Waals surface area contributed by atoms with E-state index in [9.17, 15) is 0 Å². The van der Waals surface area contributed by atoms with Crippen LogP contribution < -0.4 is 10.1 Å². The zero-order valence-corrected chi connectivity index (χ0v) is 13.1. The average Bonchev–Trinajstić information content (AvgIpc) is 2.37. The van der Waals surface area contributed by atoms with Gasteiger partial charge in [0.15, 0.2) is 0 Å². The van der Waals surface area contributed by atoms with E-state index in [0.29, 0.717) is 11.8 Å². The fourth-order valence-corrected chi connectivity index (χ4v) is 2.05. The van der Waals surface area contributed by atoms with Gasteiger partial charge in [0.1, 0.15) is 11.9 Å². The van der Waals surface area contributed by atoms with Crippen molar-refractivity contribution in [3.63, 3.8) is 0 Å². The van der Waals surface area contributed by atoms with Crippen molar-refractivity contribution < 1.29 is 4.74 Å². The molecule has 0 aliphatic heterocycles. The summed E-state index contributed by atoms with van der Waals surface area (Å²) in [5.41, 5.74) is 1.30.